The van der Waals surface area contributed by atoms with E-state index in [-0.39, 0.29) is 29.3 Å². The molecule has 2 aromatic rings. The lowest BCUT2D eigenvalue weighted by Crippen LogP contribution is -2.24. The Kier molecular flexibility index (Phi) is 5.78. The van der Waals surface area contributed by atoms with E-state index in [0.717, 1.165) is 11.6 Å². The van der Waals surface area contributed by atoms with E-state index in [2.05, 4.69) is 5.32 Å². The predicted molar refractivity (Wildman–Crippen MR) is 90.4 cm³/mol. The van der Waals surface area contributed by atoms with Crippen molar-refractivity contribution in [2.24, 2.45) is 0 Å². The van der Waals surface area contributed by atoms with Crippen LogP contribution in [-0.2, 0) is 6.54 Å². The number of rotatable bonds is 7. The molecule has 0 saturated carbocycles. The molecule has 1 N–H and O–H groups in total. The number of nitro benzene ring substituents is 1. The second-order valence-corrected chi connectivity index (χ2v) is 4.98. The summed E-state index contributed by atoms with van der Waals surface area (Å²) in [5, 5.41) is 13.9. The maximum absolute atomic E-state index is 12.5. The SMILES string of the molecule is COc1ccccc1CNC(=O)c1cc(OC)c(OC)cc1[N+](=O)[O-]. The van der Waals surface area contributed by atoms with Gasteiger partial charge in [0.15, 0.2) is 11.5 Å². The number of para-hydroxylation sites is 1. The Balaban J connectivity index is 2.30. The van der Waals surface area contributed by atoms with Crippen molar-refractivity contribution in [2.75, 3.05) is 21.3 Å². The minimum absolute atomic E-state index is 0.113. The molecule has 1 amide bonds. The summed E-state index contributed by atoms with van der Waals surface area (Å²) in [7, 11) is 4.28. The van der Waals surface area contributed by atoms with E-state index in [4.69, 9.17) is 14.2 Å². The number of methoxy groups -OCH3 is 3. The summed E-state index contributed by atoms with van der Waals surface area (Å²) >= 11 is 0. The number of hydrogen-bond acceptors (Lipinski definition) is 6. The molecule has 132 valence electrons. The van der Waals surface area contributed by atoms with E-state index >= 15 is 0 Å². The van der Waals surface area contributed by atoms with Gasteiger partial charge in [-0.2, -0.15) is 0 Å². The number of nitro groups is 1. The molecule has 0 atom stereocenters. The largest absolute Gasteiger partial charge is 0.496 e. The van der Waals surface area contributed by atoms with Crippen LogP contribution in [0.3, 0.4) is 0 Å². The first kappa shape index (κ1) is 18.1. The minimum Gasteiger partial charge on any atom is -0.496 e. The van der Waals surface area contributed by atoms with Crippen molar-refractivity contribution in [3.8, 4) is 17.2 Å². The van der Waals surface area contributed by atoms with Gasteiger partial charge in [0.1, 0.15) is 11.3 Å². The molecule has 2 rings (SSSR count). The lowest BCUT2D eigenvalue weighted by molar-refractivity contribution is -0.385. The van der Waals surface area contributed by atoms with Crippen LogP contribution < -0.4 is 19.5 Å². The van der Waals surface area contributed by atoms with Crippen LogP contribution in [-0.4, -0.2) is 32.2 Å². The number of benzene rings is 2. The van der Waals surface area contributed by atoms with Crippen LogP contribution in [0.25, 0.3) is 0 Å². The van der Waals surface area contributed by atoms with Crippen molar-refractivity contribution < 1.29 is 23.9 Å². The van der Waals surface area contributed by atoms with Crippen LogP contribution in [0.5, 0.6) is 17.2 Å². The first-order chi connectivity index (χ1) is 12.0. The molecule has 2 aromatic carbocycles. The zero-order valence-corrected chi connectivity index (χ0v) is 14.1. The number of nitrogens with one attached hydrogen (secondary N) is 1. The fourth-order valence-electron chi connectivity index (χ4n) is 2.32. The third kappa shape index (κ3) is 3.97. The summed E-state index contributed by atoms with van der Waals surface area (Å²) in [6.07, 6.45) is 0. The molecule has 8 heteroatoms. The molecule has 0 aliphatic rings. The van der Waals surface area contributed by atoms with Crippen molar-refractivity contribution >= 4 is 11.6 Å². The fraction of sp³-hybridized carbons (Fsp3) is 0.235. The highest BCUT2D eigenvalue weighted by Gasteiger charge is 2.24. The van der Waals surface area contributed by atoms with Gasteiger partial charge in [-0.3, -0.25) is 14.9 Å². The van der Waals surface area contributed by atoms with Crippen LogP contribution in [0.15, 0.2) is 36.4 Å². The van der Waals surface area contributed by atoms with Crippen molar-refractivity contribution in [3.05, 3.63) is 57.6 Å². The first-order valence-electron chi connectivity index (χ1n) is 7.32. The summed E-state index contributed by atoms with van der Waals surface area (Å²) < 4.78 is 15.4. The van der Waals surface area contributed by atoms with Gasteiger partial charge >= 0.3 is 0 Å². The molecule has 0 bridgehead atoms. The van der Waals surface area contributed by atoms with Gasteiger partial charge in [0.2, 0.25) is 0 Å². The number of ether oxygens (including phenoxy) is 3. The van der Waals surface area contributed by atoms with E-state index in [1.165, 1.54) is 27.4 Å². The second-order valence-electron chi connectivity index (χ2n) is 4.98. The molecule has 0 spiro atoms. The smallest absolute Gasteiger partial charge is 0.286 e. The number of carbonyl (C=O) groups excluding carboxylic acids is 1. The van der Waals surface area contributed by atoms with Crippen molar-refractivity contribution in [1.29, 1.82) is 0 Å². The fourth-order valence-corrected chi connectivity index (χ4v) is 2.32. The Hall–Kier alpha value is -3.29. The summed E-state index contributed by atoms with van der Waals surface area (Å²) in [6, 6.07) is 9.63. The monoisotopic (exact) mass is 346 g/mol. The van der Waals surface area contributed by atoms with Crippen LogP contribution in [0.2, 0.25) is 0 Å². The highest BCUT2D eigenvalue weighted by atomic mass is 16.6. The van der Waals surface area contributed by atoms with Gasteiger partial charge in [-0.25, -0.2) is 0 Å². The molecule has 25 heavy (non-hydrogen) atoms. The maximum Gasteiger partial charge on any atom is 0.286 e. The highest BCUT2D eigenvalue weighted by molar-refractivity contribution is 5.99. The van der Waals surface area contributed by atoms with Gasteiger partial charge in [-0.1, -0.05) is 18.2 Å². The molecule has 8 nitrogen and oxygen atoms in total. The third-order valence-corrected chi connectivity index (χ3v) is 3.58. The lowest BCUT2D eigenvalue weighted by Gasteiger charge is -2.12. The van der Waals surface area contributed by atoms with Crippen molar-refractivity contribution in [3.63, 3.8) is 0 Å². The summed E-state index contributed by atoms with van der Waals surface area (Å²) in [4.78, 5) is 23.1. The van der Waals surface area contributed by atoms with E-state index in [1.54, 1.807) is 12.1 Å². The van der Waals surface area contributed by atoms with Crippen molar-refractivity contribution in [1.82, 2.24) is 5.32 Å². The normalized spacial score (nSPS) is 10.0. The van der Waals surface area contributed by atoms with Crippen LogP contribution in [0, 0.1) is 10.1 Å². The number of nitrogens with zero attached hydrogens (tertiary/aromatic N) is 1. The van der Waals surface area contributed by atoms with Gasteiger partial charge < -0.3 is 19.5 Å². The maximum atomic E-state index is 12.5. The number of carbonyl (C=O) groups is 1. The number of hydrogen-bond donors (Lipinski definition) is 1. The zero-order chi connectivity index (χ0) is 18.4. The highest BCUT2D eigenvalue weighted by Crippen LogP contribution is 2.34. The molecule has 0 heterocycles. The minimum atomic E-state index is -0.639. The van der Waals surface area contributed by atoms with E-state index in [1.807, 2.05) is 12.1 Å². The average molecular weight is 346 g/mol. The Morgan fingerprint density at radius 3 is 2.24 bits per heavy atom. The van der Waals surface area contributed by atoms with Crippen LogP contribution in [0.4, 0.5) is 5.69 Å². The zero-order valence-electron chi connectivity index (χ0n) is 14.1. The Morgan fingerprint density at radius 1 is 1.04 bits per heavy atom. The predicted octanol–water partition coefficient (Wildman–Crippen LogP) is 2.55. The second kappa shape index (κ2) is 8.00. The lowest BCUT2D eigenvalue weighted by atomic mass is 10.1. The van der Waals surface area contributed by atoms with Gasteiger partial charge in [0.25, 0.3) is 11.6 Å². The molecule has 0 aliphatic heterocycles. The number of amides is 1. The molecule has 0 saturated heterocycles. The average Bonchev–Trinajstić information content (AvgIpc) is 2.64. The van der Waals surface area contributed by atoms with Crippen molar-refractivity contribution in [2.45, 2.75) is 6.54 Å². The molecule has 0 aliphatic carbocycles. The topological polar surface area (TPSA) is 99.9 Å². The van der Waals surface area contributed by atoms with Gasteiger partial charge in [-0.15, -0.1) is 0 Å². The molecular weight excluding hydrogens is 328 g/mol. The van der Waals surface area contributed by atoms with Gasteiger partial charge in [-0.05, 0) is 6.07 Å². The Labute approximate surface area is 144 Å². The van der Waals surface area contributed by atoms with Gasteiger partial charge in [0, 0.05) is 18.2 Å². The third-order valence-electron chi connectivity index (χ3n) is 3.58. The molecule has 0 radical (unpaired) electrons. The molecule has 0 unspecified atom stereocenters. The summed E-state index contributed by atoms with van der Waals surface area (Å²) in [5.41, 5.74) is 0.272. The quantitative estimate of drug-likeness (QED) is 0.611. The van der Waals surface area contributed by atoms with Gasteiger partial charge in [0.05, 0.1) is 32.3 Å². The van der Waals surface area contributed by atoms with E-state index in [0.29, 0.717) is 5.75 Å². The van der Waals surface area contributed by atoms with Crippen LogP contribution >= 0.6 is 0 Å². The standard InChI is InChI=1S/C17H18N2O6/c1-23-14-7-5-4-6-11(14)10-18-17(20)12-8-15(24-2)16(25-3)9-13(12)19(21)22/h4-9H,10H2,1-3H3,(H,18,20). The first-order valence-corrected chi connectivity index (χ1v) is 7.32. The van der Waals surface area contributed by atoms with E-state index < -0.39 is 10.8 Å². The Bertz CT molecular complexity index is 791. The molecule has 0 aromatic heterocycles. The summed E-state index contributed by atoms with van der Waals surface area (Å²) in [6.45, 7) is 0.161. The van der Waals surface area contributed by atoms with Crippen LogP contribution in [0.1, 0.15) is 15.9 Å². The Morgan fingerprint density at radius 2 is 1.64 bits per heavy atom. The summed E-state index contributed by atoms with van der Waals surface area (Å²) in [5.74, 6) is 0.425. The molecule has 0 fully saturated rings. The van der Waals surface area contributed by atoms with E-state index in [9.17, 15) is 14.9 Å². The molecular formula is C17H18N2O6.